The molecule has 0 atom stereocenters. The van der Waals surface area contributed by atoms with Gasteiger partial charge in [-0.1, -0.05) is 22.0 Å². The number of esters is 1. The lowest BCUT2D eigenvalue weighted by Crippen LogP contribution is -2.38. The molecule has 1 aromatic carbocycles. The van der Waals surface area contributed by atoms with E-state index in [0.717, 1.165) is 21.5 Å². The first kappa shape index (κ1) is 15.3. The maximum Gasteiger partial charge on any atom is 0.338 e. The molecule has 1 aromatic rings. The Morgan fingerprint density at radius 3 is 2.65 bits per heavy atom. The molecule has 0 heterocycles. The minimum absolute atomic E-state index is 0.219. The molecule has 0 amide bonds. The van der Waals surface area contributed by atoms with Crippen molar-refractivity contribution in [3.8, 4) is 5.75 Å². The molecule has 3 saturated carbocycles. The number of carbonyl (C=O) groups excluding carboxylic acids is 1. The van der Waals surface area contributed by atoms with Gasteiger partial charge in [0.05, 0.1) is 12.2 Å². The maximum absolute atomic E-state index is 12.6. The fraction of sp³-hybridized carbons (Fsp3) is 0.526. The van der Waals surface area contributed by atoms with Gasteiger partial charge in [-0.05, 0) is 68.6 Å². The zero-order valence-corrected chi connectivity index (χ0v) is 14.7. The quantitative estimate of drug-likeness (QED) is 0.783. The maximum atomic E-state index is 12.6. The summed E-state index contributed by atoms with van der Waals surface area (Å²) in [5.41, 5.74) is 2.71. The predicted molar refractivity (Wildman–Crippen MR) is 92.1 cm³/mol. The van der Waals surface area contributed by atoms with E-state index < -0.39 is 0 Å². The summed E-state index contributed by atoms with van der Waals surface area (Å²) in [4.78, 5) is 12.6. The predicted octanol–water partition coefficient (Wildman–Crippen LogP) is 4.61. The molecular formula is C19H21BrO3. The van der Waals surface area contributed by atoms with E-state index in [1.54, 1.807) is 12.1 Å². The van der Waals surface area contributed by atoms with Crippen molar-refractivity contribution in [1.29, 1.82) is 0 Å². The molecule has 0 unspecified atom stereocenters. The number of allylic oxidation sites excluding steroid dienone is 1. The lowest BCUT2D eigenvalue weighted by Gasteiger charge is -2.46. The first-order valence-electron chi connectivity index (χ1n) is 8.45. The fourth-order valence-corrected chi connectivity index (χ4v) is 5.16. The highest BCUT2D eigenvalue weighted by molar-refractivity contribution is 9.10. The second-order valence-corrected chi connectivity index (χ2v) is 8.20. The Morgan fingerprint density at radius 2 is 1.96 bits per heavy atom. The van der Waals surface area contributed by atoms with Crippen molar-refractivity contribution in [2.75, 3.05) is 6.61 Å². The Labute approximate surface area is 144 Å². The Balaban J connectivity index is 1.47. The third kappa shape index (κ3) is 2.71. The van der Waals surface area contributed by atoms with Crippen LogP contribution in [0.3, 0.4) is 0 Å². The number of hydrogen-bond donors (Lipinski definition) is 1. The minimum Gasteiger partial charge on any atom is -0.508 e. The van der Waals surface area contributed by atoms with Crippen LogP contribution in [0.25, 0.3) is 5.57 Å². The van der Waals surface area contributed by atoms with Crippen LogP contribution in [-0.2, 0) is 16.0 Å². The van der Waals surface area contributed by atoms with Gasteiger partial charge in [0.2, 0.25) is 0 Å². The van der Waals surface area contributed by atoms with Gasteiger partial charge in [0.25, 0.3) is 0 Å². The number of carbonyl (C=O) groups is 1. The molecule has 0 spiro atoms. The van der Waals surface area contributed by atoms with Crippen LogP contribution in [-0.4, -0.2) is 17.7 Å². The van der Waals surface area contributed by atoms with Gasteiger partial charge in [0.1, 0.15) is 5.75 Å². The molecule has 4 aliphatic carbocycles. The Kier molecular flexibility index (Phi) is 3.75. The van der Waals surface area contributed by atoms with Gasteiger partial charge in [-0.3, -0.25) is 0 Å². The van der Waals surface area contributed by atoms with Crippen molar-refractivity contribution in [2.45, 2.75) is 44.9 Å². The summed E-state index contributed by atoms with van der Waals surface area (Å²) in [7, 11) is 0. The minimum atomic E-state index is -0.225. The smallest absolute Gasteiger partial charge is 0.338 e. The SMILES string of the molecule is O=C(OCC12CCC(CC1)CC2)C1=CCc2cc(O)cc(Br)c21. The van der Waals surface area contributed by atoms with Crippen molar-refractivity contribution >= 4 is 27.5 Å². The molecule has 5 rings (SSSR count). The van der Waals surface area contributed by atoms with E-state index in [1.807, 2.05) is 6.08 Å². The largest absolute Gasteiger partial charge is 0.508 e. The summed E-state index contributed by atoms with van der Waals surface area (Å²) < 4.78 is 6.49. The summed E-state index contributed by atoms with van der Waals surface area (Å²) in [6.45, 7) is 0.556. The Bertz CT molecular complexity index is 670. The van der Waals surface area contributed by atoms with Crippen LogP contribution >= 0.6 is 15.9 Å². The molecule has 1 N–H and O–H groups in total. The molecule has 122 valence electrons. The zero-order chi connectivity index (χ0) is 16.0. The lowest BCUT2D eigenvalue weighted by atomic mass is 9.61. The average Bonchev–Trinajstić information content (AvgIpc) is 2.98. The number of phenolic OH excluding ortho intramolecular Hbond substituents is 1. The second-order valence-electron chi connectivity index (χ2n) is 7.34. The molecule has 0 saturated heterocycles. The van der Waals surface area contributed by atoms with Crippen molar-refractivity contribution < 1.29 is 14.6 Å². The fourth-order valence-electron chi connectivity index (χ4n) is 4.46. The number of halogens is 1. The topological polar surface area (TPSA) is 46.5 Å². The van der Waals surface area contributed by atoms with E-state index in [4.69, 9.17) is 4.74 Å². The monoisotopic (exact) mass is 376 g/mol. The highest BCUT2D eigenvalue weighted by atomic mass is 79.9. The summed E-state index contributed by atoms with van der Waals surface area (Å²) in [6, 6.07) is 3.35. The van der Waals surface area contributed by atoms with Crippen LogP contribution in [0.15, 0.2) is 22.7 Å². The van der Waals surface area contributed by atoms with Gasteiger partial charge in [0.15, 0.2) is 0 Å². The standard InChI is InChI=1S/C19H21BrO3/c20-16-10-14(21)9-13-1-2-15(17(13)16)18(22)23-11-19-6-3-12(4-7-19)5-8-19/h2,9-10,12,21H,1,3-8,11H2. The van der Waals surface area contributed by atoms with Crippen LogP contribution in [0.4, 0.5) is 0 Å². The van der Waals surface area contributed by atoms with Crippen molar-refractivity contribution in [2.24, 2.45) is 11.3 Å². The summed E-state index contributed by atoms with van der Waals surface area (Å²) in [6.07, 6.45) is 10.1. The summed E-state index contributed by atoms with van der Waals surface area (Å²) in [5, 5.41) is 9.68. The Morgan fingerprint density at radius 1 is 1.26 bits per heavy atom. The first-order valence-corrected chi connectivity index (χ1v) is 9.25. The highest BCUT2D eigenvalue weighted by Gasteiger charge is 2.41. The van der Waals surface area contributed by atoms with Gasteiger partial charge in [-0.15, -0.1) is 0 Å². The first-order chi connectivity index (χ1) is 11.1. The molecule has 3 fully saturated rings. The number of rotatable bonds is 3. The molecule has 4 heteroatoms. The van der Waals surface area contributed by atoms with E-state index in [-0.39, 0.29) is 17.1 Å². The molecule has 0 aliphatic heterocycles. The molecule has 3 nitrogen and oxygen atoms in total. The molecule has 23 heavy (non-hydrogen) atoms. The van der Waals surface area contributed by atoms with Crippen molar-refractivity contribution in [3.63, 3.8) is 0 Å². The third-order valence-corrected chi connectivity index (χ3v) is 6.56. The van der Waals surface area contributed by atoms with Gasteiger partial charge in [-0.25, -0.2) is 4.79 Å². The molecule has 2 bridgehead atoms. The van der Waals surface area contributed by atoms with E-state index in [0.29, 0.717) is 18.6 Å². The Hall–Kier alpha value is -1.29. The van der Waals surface area contributed by atoms with E-state index >= 15 is 0 Å². The normalized spacial score (nSPS) is 28.4. The van der Waals surface area contributed by atoms with Crippen LogP contribution in [0.2, 0.25) is 0 Å². The van der Waals surface area contributed by atoms with Crippen LogP contribution in [0.5, 0.6) is 5.75 Å². The van der Waals surface area contributed by atoms with E-state index in [2.05, 4.69) is 15.9 Å². The number of benzene rings is 1. The molecule has 0 aromatic heterocycles. The van der Waals surface area contributed by atoms with Crippen LogP contribution in [0.1, 0.15) is 49.7 Å². The second kappa shape index (κ2) is 5.66. The van der Waals surface area contributed by atoms with Gasteiger partial charge in [-0.2, -0.15) is 0 Å². The van der Waals surface area contributed by atoms with Crippen molar-refractivity contribution in [1.82, 2.24) is 0 Å². The lowest BCUT2D eigenvalue weighted by molar-refractivity contribution is -0.142. The average molecular weight is 377 g/mol. The number of hydrogen-bond acceptors (Lipinski definition) is 3. The third-order valence-electron chi connectivity index (χ3n) is 5.93. The van der Waals surface area contributed by atoms with Gasteiger partial charge >= 0.3 is 5.97 Å². The number of fused-ring (bicyclic) bond motifs is 4. The summed E-state index contributed by atoms with van der Waals surface area (Å²) >= 11 is 3.46. The molecular weight excluding hydrogens is 356 g/mol. The molecule has 4 aliphatic rings. The van der Waals surface area contributed by atoms with Gasteiger partial charge in [0, 0.05) is 15.5 Å². The van der Waals surface area contributed by atoms with E-state index in [9.17, 15) is 9.90 Å². The summed E-state index contributed by atoms with van der Waals surface area (Å²) in [5.74, 6) is 0.911. The van der Waals surface area contributed by atoms with Crippen LogP contribution in [0, 0.1) is 11.3 Å². The molecule has 0 radical (unpaired) electrons. The number of phenols is 1. The van der Waals surface area contributed by atoms with Crippen LogP contribution < -0.4 is 0 Å². The number of ether oxygens (including phenoxy) is 1. The van der Waals surface area contributed by atoms with E-state index in [1.165, 1.54) is 38.5 Å². The number of aromatic hydroxyl groups is 1. The highest BCUT2D eigenvalue weighted by Crippen LogP contribution is 2.50. The van der Waals surface area contributed by atoms with Crippen molar-refractivity contribution in [3.05, 3.63) is 33.8 Å². The zero-order valence-electron chi connectivity index (χ0n) is 13.1. The van der Waals surface area contributed by atoms with Gasteiger partial charge < -0.3 is 9.84 Å².